The first-order valence-electron chi connectivity index (χ1n) is 6.81. The zero-order valence-corrected chi connectivity index (χ0v) is 12.4. The zero-order valence-electron chi connectivity index (χ0n) is 12.4. The first-order chi connectivity index (χ1) is 11.0. The minimum absolute atomic E-state index is 0.0347. The number of carbonyl (C=O) groups is 2. The molecular formula is C15H14N4O4. The molecule has 1 aromatic heterocycles. The molecule has 0 aliphatic rings. The number of aromatic nitrogens is 2. The average Bonchev–Trinajstić information content (AvgIpc) is 2.56. The molecule has 8 heteroatoms. The molecule has 1 heterocycles. The van der Waals surface area contributed by atoms with E-state index in [4.69, 9.17) is 10.00 Å². The molecule has 0 bridgehead atoms. The predicted octanol–water partition coefficient (Wildman–Crippen LogP) is 0.120. The highest BCUT2D eigenvalue weighted by molar-refractivity contribution is 6.02. The quantitative estimate of drug-likeness (QED) is 0.619. The van der Waals surface area contributed by atoms with Crippen LogP contribution in [0, 0.1) is 11.3 Å². The van der Waals surface area contributed by atoms with Gasteiger partial charge in [-0.05, 0) is 6.07 Å². The number of fused-ring (bicyclic) bond motifs is 1. The topological polar surface area (TPSA) is 114 Å². The van der Waals surface area contributed by atoms with Gasteiger partial charge >= 0.3 is 5.97 Å². The maximum absolute atomic E-state index is 12.1. The van der Waals surface area contributed by atoms with Crippen molar-refractivity contribution in [1.29, 1.82) is 5.26 Å². The van der Waals surface area contributed by atoms with Gasteiger partial charge in [0.2, 0.25) is 0 Å². The fourth-order valence-corrected chi connectivity index (χ4v) is 1.96. The van der Waals surface area contributed by atoms with Gasteiger partial charge in [-0.3, -0.25) is 9.59 Å². The lowest BCUT2D eigenvalue weighted by molar-refractivity contribution is -0.124. The predicted molar refractivity (Wildman–Crippen MR) is 80.5 cm³/mol. The third-order valence-electron chi connectivity index (χ3n) is 3.04. The number of rotatable bonds is 5. The highest BCUT2D eigenvalue weighted by Gasteiger charge is 2.17. The highest BCUT2D eigenvalue weighted by atomic mass is 16.5. The summed E-state index contributed by atoms with van der Waals surface area (Å²) in [5.74, 6) is -1.31. The first kappa shape index (κ1) is 16.2. The Hall–Kier alpha value is -3.21. The molecule has 0 unspecified atom stereocenters. The van der Waals surface area contributed by atoms with Crippen LogP contribution in [0.2, 0.25) is 0 Å². The monoisotopic (exact) mass is 314 g/mol. The number of hydrogen-bond donors (Lipinski definition) is 1. The molecule has 0 saturated carbocycles. The van der Waals surface area contributed by atoms with Crippen molar-refractivity contribution in [3.8, 4) is 6.07 Å². The summed E-state index contributed by atoms with van der Waals surface area (Å²) in [5, 5.41) is 15.4. The summed E-state index contributed by atoms with van der Waals surface area (Å²) >= 11 is 0. The molecule has 0 aliphatic carbocycles. The van der Waals surface area contributed by atoms with Gasteiger partial charge in [0, 0.05) is 19.0 Å². The number of ether oxygens (including phenoxy) is 1. The second-order valence-corrected chi connectivity index (χ2v) is 4.66. The SMILES string of the molecule is Cn1nc(C(=O)OCC(=O)NCCC#N)c2ccccc2c1=O. The number of benzene rings is 1. The van der Waals surface area contributed by atoms with E-state index in [1.807, 2.05) is 6.07 Å². The minimum atomic E-state index is -0.799. The molecule has 0 aliphatic heterocycles. The molecule has 1 amide bonds. The van der Waals surface area contributed by atoms with Crippen LogP contribution in [0.4, 0.5) is 0 Å². The van der Waals surface area contributed by atoms with Crippen molar-refractivity contribution in [3.05, 3.63) is 40.3 Å². The number of esters is 1. The maximum atomic E-state index is 12.1. The van der Waals surface area contributed by atoms with Crippen LogP contribution in [0.5, 0.6) is 0 Å². The van der Waals surface area contributed by atoms with E-state index in [9.17, 15) is 14.4 Å². The molecule has 2 rings (SSSR count). The Morgan fingerprint density at radius 3 is 2.74 bits per heavy atom. The van der Waals surface area contributed by atoms with E-state index >= 15 is 0 Å². The van der Waals surface area contributed by atoms with Gasteiger partial charge in [-0.15, -0.1) is 0 Å². The Labute approximate surface area is 131 Å². The van der Waals surface area contributed by atoms with Gasteiger partial charge in [-0.2, -0.15) is 10.4 Å². The van der Waals surface area contributed by atoms with Crippen LogP contribution in [0.1, 0.15) is 16.9 Å². The van der Waals surface area contributed by atoms with Gasteiger partial charge in [-0.25, -0.2) is 9.48 Å². The van der Waals surface area contributed by atoms with Crippen LogP contribution in [0.3, 0.4) is 0 Å². The second-order valence-electron chi connectivity index (χ2n) is 4.66. The van der Waals surface area contributed by atoms with Crippen molar-refractivity contribution in [1.82, 2.24) is 15.1 Å². The summed E-state index contributed by atoms with van der Waals surface area (Å²) in [6, 6.07) is 8.42. The van der Waals surface area contributed by atoms with Gasteiger partial charge in [0.1, 0.15) is 0 Å². The second kappa shape index (κ2) is 7.17. The van der Waals surface area contributed by atoms with E-state index in [1.165, 1.54) is 7.05 Å². The number of nitrogens with zero attached hydrogens (tertiary/aromatic N) is 3. The van der Waals surface area contributed by atoms with Crippen LogP contribution >= 0.6 is 0 Å². The van der Waals surface area contributed by atoms with Crippen LogP contribution in [-0.2, 0) is 16.6 Å². The lowest BCUT2D eigenvalue weighted by atomic mass is 10.1. The molecule has 23 heavy (non-hydrogen) atoms. The lowest BCUT2D eigenvalue weighted by Crippen LogP contribution is -2.30. The molecule has 0 fully saturated rings. The molecule has 0 radical (unpaired) electrons. The minimum Gasteiger partial charge on any atom is -0.451 e. The Balaban J connectivity index is 2.16. The number of nitrogens with one attached hydrogen (secondary N) is 1. The highest BCUT2D eigenvalue weighted by Crippen LogP contribution is 2.13. The van der Waals surface area contributed by atoms with E-state index in [0.717, 1.165) is 4.68 Å². The summed E-state index contributed by atoms with van der Waals surface area (Å²) < 4.78 is 5.96. The van der Waals surface area contributed by atoms with Crippen LogP contribution in [0.25, 0.3) is 10.8 Å². The summed E-state index contributed by atoms with van der Waals surface area (Å²) in [4.78, 5) is 35.6. The van der Waals surface area contributed by atoms with Gasteiger partial charge in [0.05, 0.1) is 17.9 Å². The van der Waals surface area contributed by atoms with E-state index in [0.29, 0.717) is 10.8 Å². The number of nitriles is 1. The molecule has 0 spiro atoms. The Morgan fingerprint density at radius 1 is 1.35 bits per heavy atom. The van der Waals surface area contributed by atoms with Crippen molar-refractivity contribution in [3.63, 3.8) is 0 Å². The van der Waals surface area contributed by atoms with Crippen LogP contribution < -0.4 is 10.9 Å². The molecule has 118 valence electrons. The number of aryl methyl sites for hydroxylation is 1. The van der Waals surface area contributed by atoms with Crippen molar-refractivity contribution >= 4 is 22.6 Å². The smallest absolute Gasteiger partial charge is 0.359 e. The molecule has 1 aromatic carbocycles. The molecular weight excluding hydrogens is 300 g/mol. The van der Waals surface area contributed by atoms with Crippen LogP contribution in [0.15, 0.2) is 29.1 Å². The van der Waals surface area contributed by atoms with Crippen LogP contribution in [-0.4, -0.2) is 34.8 Å². The Bertz CT molecular complexity index is 851. The maximum Gasteiger partial charge on any atom is 0.359 e. The van der Waals surface area contributed by atoms with E-state index in [-0.39, 0.29) is 24.2 Å². The summed E-state index contributed by atoms with van der Waals surface area (Å²) in [6.45, 7) is -0.295. The van der Waals surface area contributed by atoms with Gasteiger partial charge in [0.25, 0.3) is 11.5 Å². The van der Waals surface area contributed by atoms with Crippen molar-refractivity contribution in [2.45, 2.75) is 6.42 Å². The van der Waals surface area contributed by atoms with E-state index in [2.05, 4.69) is 10.4 Å². The Kier molecular flexibility index (Phi) is 5.04. The largest absolute Gasteiger partial charge is 0.451 e. The molecule has 1 N–H and O–H groups in total. The molecule has 0 saturated heterocycles. The van der Waals surface area contributed by atoms with E-state index in [1.54, 1.807) is 24.3 Å². The molecule has 0 atom stereocenters. The molecule has 2 aromatic rings. The zero-order chi connectivity index (χ0) is 16.8. The summed E-state index contributed by atoms with van der Waals surface area (Å²) in [6.07, 6.45) is 0.173. The van der Waals surface area contributed by atoms with Gasteiger partial charge in [0.15, 0.2) is 12.3 Å². The van der Waals surface area contributed by atoms with Gasteiger partial charge < -0.3 is 10.1 Å². The number of amides is 1. The van der Waals surface area contributed by atoms with E-state index < -0.39 is 18.5 Å². The standard InChI is InChI=1S/C15H14N4O4/c1-19-14(21)11-6-3-2-5-10(11)13(18-19)15(22)23-9-12(20)17-8-4-7-16/h2-3,5-6H,4,8-9H2,1H3,(H,17,20). The van der Waals surface area contributed by atoms with Crippen molar-refractivity contribution in [2.24, 2.45) is 7.05 Å². The normalized spacial score (nSPS) is 10.1. The van der Waals surface area contributed by atoms with Gasteiger partial charge in [-0.1, -0.05) is 18.2 Å². The number of carbonyl (C=O) groups excluding carboxylic acids is 2. The van der Waals surface area contributed by atoms with Crippen molar-refractivity contribution in [2.75, 3.05) is 13.2 Å². The Morgan fingerprint density at radius 2 is 2.04 bits per heavy atom. The fraction of sp³-hybridized carbons (Fsp3) is 0.267. The third kappa shape index (κ3) is 3.71. The lowest BCUT2D eigenvalue weighted by Gasteiger charge is -2.08. The summed E-state index contributed by atoms with van der Waals surface area (Å²) in [5.41, 5.74) is -0.362. The fourth-order valence-electron chi connectivity index (χ4n) is 1.96. The first-order valence-corrected chi connectivity index (χ1v) is 6.81. The molecule has 8 nitrogen and oxygen atoms in total. The average molecular weight is 314 g/mol. The number of hydrogen-bond acceptors (Lipinski definition) is 6. The van der Waals surface area contributed by atoms with Crippen molar-refractivity contribution < 1.29 is 14.3 Å². The third-order valence-corrected chi connectivity index (χ3v) is 3.04. The summed E-state index contributed by atoms with van der Waals surface area (Å²) in [7, 11) is 1.43.